The number of benzene rings is 2. The largest absolute Gasteiger partial charge is 0.427 e. The van der Waals surface area contributed by atoms with Crippen molar-refractivity contribution in [1.29, 1.82) is 0 Å². The molecule has 0 aromatic heterocycles. The highest BCUT2D eigenvalue weighted by Gasteiger charge is 2.41. The molecule has 142 valence electrons. The molecule has 0 bridgehead atoms. The van der Waals surface area contributed by atoms with E-state index >= 15 is 0 Å². The molecule has 2 aromatic rings. The normalized spacial score (nSPS) is 13.7. The Balaban J connectivity index is 1.93. The van der Waals surface area contributed by atoms with Gasteiger partial charge in [-0.1, -0.05) is 29.8 Å². The summed E-state index contributed by atoms with van der Waals surface area (Å²) in [4.78, 5) is 47.5. The first-order chi connectivity index (χ1) is 13.3. The molecule has 0 aliphatic carbocycles. The number of imide groups is 1. The fourth-order valence-electron chi connectivity index (χ4n) is 2.59. The van der Waals surface area contributed by atoms with Crippen molar-refractivity contribution < 1.29 is 24.0 Å². The standard InChI is InChI=1S/C18H12ClN3O6/c1-10(23)28-12-6-4-5-11(9-12)20-16-15(19)17(24)21(18(16)25)13-7-2-3-8-14(13)22(26)27/h2-9,20H,1H3. The molecule has 1 N–H and O–H groups in total. The zero-order chi connectivity index (χ0) is 20.4. The van der Waals surface area contributed by atoms with Crippen LogP contribution < -0.4 is 15.0 Å². The highest BCUT2D eigenvalue weighted by molar-refractivity contribution is 6.53. The topological polar surface area (TPSA) is 119 Å². The van der Waals surface area contributed by atoms with Gasteiger partial charge in [0.15, 0.2) is 0 Å². The Morgan fingerprint density at radius 2 is 1.86 bits per heavy atom. The zero-order valence-electron chi connectivity index (χ0n) is 14.3. The van der Waals surface area contributed by atoms with Crippen molar-refractivity contribution in [3.05, 3.63) is 69.4 Å². The summed E-state index contributed by atoms with van der Waals surface area (Å²) in [6.45, 7) is 1.24. The molecule has 3 rings (SSSR count). The monoisotopic (exact) mass is 401 g/mol. The van der Waals surface area contributed by atoms with Crippen LogP contribution in [0, 0.1) is 10.1 Å². The van der Waals surface area contributed by atoms with E-state index in [1.165, 1.54) is 43.3 Å². The van der Waals surface area contributed by atoms with Crippen LogP contribution in [0.25, 0.3) is 0 Å². The molecule has 9 nitrogen and oxygen atoms in total. The summed E-state index contributed by atoms with van der Waals surface area (Å²) in [6.07, 6.45) is 0. The average molecular weight is 402 g/mol. The summed E-state index contributed by atoms with van der Waals surface area (Å²) in [5.74, 6) is -2.03. The first-order valence-electron chi connectivity index (χ1n) is 7.87. The summed E-state index contributed by atoms with van der Waals surface area (Å²) in [7, 11) is 0. The van der Waals surface area contributed by atoms with Gasteiger partial charge in [0.25, 0.3) is 17.5 Å². The number of nitro groups is 1. The lowest BCUT2D eigenvalue weighted by Crippen LogP contribution is -2.32. The third-order valence-corrected chi connectivity index (χ3v) is 4.06. The maximum atomic E-state index is 12.8. The van der Waals surface area contributed by atoms with E-state index in [0.717, 1.165) is 0 Å². The molecule has 1 heterocycles. The minimum Gasteiger partial charge on any atom is -0.427 e. The van der Waals surface area contributed by atoms with E-state index in [0.29, 0.717) is 10.6 Å². The summed E-state index contributed by atoms with van der Waals surface area (Å²) in [5, 5.41) is 13.5. The second kappa shape index (κ2) is 7.49. The number of amides is 2. The van der Waals surface area contributed by atoms with Gasteiger partial charge < -0.3 is 10.1 Å². The van der Waals surface area contributed by atoms with Crippen LogP contribution in [0.3, 0.4) is 0 Å². The van der Waals surface area contributed by atoms with Gasteiger partial charge in [-0.25, -0.2) is 4.90 Å². The third-order valence-electron chi connectivity index (χ3n) is 3.71. The number of esters is 1. The number of carbonyl (C=O) groups excluding carboxylic acids is 3. The Morgan fingerprint density at radius 3 is 2.54 bits per heavy atom. The minimum atomic E-state index is -0.889. The zero-order valence-corrected chi connectivity index (χ0v) is 15.1. The van der Waals surface area contributed by atoms with E-state index in [1.807, 2.05) is 0 Å². The molecule has 2 amide bonds. The molecule has 0 fully saturated rings. The van der Waals surface area contributed by atoms with E-state index in [9.17, 15) is 24.5 Å². The number of nitro benzene ring substituents is 1. The van der Waals surface area contributed by atoms with Crippen LogP contribution in [0.4, 0.5) is 17.1 Å². The van der Waals surface area contributed by atoms with Crippen molar-refractivity contribution in [3.63, 3.8) is 0 Å². The quantitative estimate of drug-likeness (QED) is 0.269. The van der Waals surface area contributed by atoms with E-state index in [-0.39, 0.29) is 17.1 Å². The molecule has 0 saturated heterocycles. The molecule has 2 aromatic carbocycles. The van der Waals surface area contributed by atoms with Gasteiger partial charge in [-0.2, -0.15) is 0 Å². The number of anilines is 2. The number of carbonyl (C=O) groups is 3. The number of rotatable bonds is 5. The lowest BCUT2D eigenvalue weighted by molar-refractivity contribution is -0.384. The molecule has 0 atom stereocenters. The van der Waals surface area contributed by atoms with E-state index < -0.39 is 33.4 Å². The molecule has 0 spiro atoms. The highest BCUT2D eigenvalue weighted by atomic mass is 35.5. The van der Waals surface area contributed by atoms with Gasteiger partial charge in [0.1, 0.15) is 22.2 Å². The molecular formula is C18H12ClN3O6. The number of hydrogen-bond acceptors (Lipinski definition) is 7. The Bertz CT molecular complexity index is 1050. The van der Waals surface area contributed by atoms with Crippen LogP contribution >= 0.6 is 11.6 Å². The second-order valence-electron chi connectivity index (χ2n) is 5.63. The van der Waals surface area contributed by atoms with Gasteiger partial charge in [-0.05, 0) is 18.2 Å². The fourth-order valence-corrected chi connectivity index (χ4v) is 2.80. The minimum absolute atomic E-state index is 0.189. The van der Waals surface area contributed by atoms with Crippen molar-refractivity contribution in [1.82, 2.24) is 0 Å². The lowest BCUT2D eigenvalue weighted by Gasteiger charge is -2.15. The maximum absolute atomic E-state index is 12.8. The summed E-state index contributed by atoms with van der Waals surface area (Å²) >= 11 is 6.02. The number of ether oxygens (including phenoxy) is 1. The Hall–Kier alpha value is -3.72. The molecule has 1 aliphatic heterocycles. The van der Waals surface area contributed by atoms with Crippen LogP contribution in [-0.2, 0) is 14.4 Å². The number of para-hydroxylation sites is 2. The van der Waals surface area contributed by atoms with Crippen LogP contribution in [0.15, 0.2) is 59.3 Å². The number of hydrogen-bond donors (Lipinski definition) is 1. The third kappa shape index (κ3) is 3.55. The van der Waals surface area contributed by atoms with Gasteiger partial charge in [0.05, 0.1) is 4.92 Å². The van der Waals surface area contributed by atoms with Crippen molar-refractivity contribution in [2.45, 2.75) is 6.92 Å². The van der Waals surface area contributed by atoms with E-state index in [1.54, 1.807) is 12.1 Å². The second-order valence-corrected chi connectivity index (χ2v) is 6.00. The molecular weight excluding hydrogens is 390 g/mol. The van der Waals surface area contributed by atoms with Crippen LogP contribution in [-0.4, -0.2) is 22.7 Å². The van der Waals surface area contributed by atoms with Crippen molar-refractivity contribution >= 4 is 46.4 Å². The number of nitrogens with zero attached hydrogens (tertiary/aromatic N) is 2. The Morgan fingerprint density at radius 1 is 1.14 bits per heavy atom. The van der Waals surface area contributed by atoms with Crippen LogP contribution in [0.5, 0.6) is 5.75 Å². The Kier molecular flexibility index (Phi) is 5.10. The molecule has 1 aliphatic rings. The summed E-state index contributed by atoms with van der Waals surface area (Å²) in [5.41, 5.74) is -0.514. The lowest BCUT2D eigenvalue weighted by atomic mass is 10.2. The maximum Gasteiger partial charge on any atom is 0.308 e. The highest BCUT2D eigenvalue weighted by Crippen LogP contribution is 2.35. The Labute approximate surface area is 163 Å². The molecule has 0 saturated carbocycles. The first-order valence-corrected chi connectivity index (χ1v) is 8.25. The fraction of sp³-hybridized carbons (Fsp3) is 0.0556. The summed E-state index contributed by atoms with van der Waals surface area (Å²) in [6, 6.07) is 11.4. The SMILES string of the molecule is CC(=O)Oc1cccc(NC2=C(Cl)C(=O)N(c3ccccc3[N+](=O)[O-])C2=O)c1. The van der Waals surface area contributed by atoms with Crippen LogP contribution in [0.1, 0.15) is 6.92 Å². The van der Waals surface area contributed by atoms with Crippen molar-refractivity contribution in [2.24, 2.45) is 0 Å². The van der Waals surface area contributed by atoms with Gasteiger partial charge in [-0.3, -0.25) is 24.5 Å². The van der Waals surface area contributed by atoms with Gasteiger partial charge >= 0.3 is 5.97 Å². The molecule has 28 heavy (non-hydrogen) atoms. The van der Waals surface area contributed by atoms with Crippen molar-refractivity contribution in [3.8, 4) is 5.75 Å². The van der Waals surface area contributed by atoms with E-state index in [4.69, 9.17) is 16.3 Å². The number of halogens is 1. The molecule has 0 radical (unpaired) electrons. The predicted octanol–water partition coefficient (Wildman–Crippen LogP) is 2.96. The number of nitrogens with one attached hydrogen (secondary N) is 1. The average Bonchev–Trinajstić information content (AvgIpc) is 2.85. The van der Waals surface area contributed by atoms with Crippen LogP contribution in [0.2, 0.25) is 0 Å². The molecule has 10 heteroatoms. The van der Waals surface area contributed by atoms with Crippen molar-refractivity contribution in [2.75, 3.05) is 10.2 Å². The predicted molar refractivity (Wildman–Crippen MR) is 99.8 cm³/mol. The van der Waals surface area contributed by atoms with Gasteiger partial charge in [0.2, 0.25) is 0 Å². The first kappa shape index (κ1) is 19.1. The van der Waals surface area contributed by atoms with Gasteiger partial charge in [0, 0.05) is 24.7 Å². The molecule has 0 unspecified atom stereocenters. The smallest absolute Gasteiger partial charge is 0.308 e. The van der Waals surface area contributed by atoms with E-state index in [2.05, 4.69) is 5.32 Å². The summed E-state index contributed by atoms with van der Waals surface area (Å²) < 4.78 is 4.96. The van der Waals surface area contributed by atoms with Gasteiger partial charge in [-0.15, -0.1) is 0 Å².